The topological polar surface area (TPSA) is 48.4 Å². The Morgan fingerprint density at radius 1 is 1.10 bits per heavy atom. The maximum atomic E-state index is 6.35. The second-order valence-electron chi connectivity index (χ2n) is 4.91. The molecule has 3 aromatic rings. The fourth-order valence-electron chi connectivity index (χ4n) is 2.41. The molecule has 1 aromatic heterocycles. The van der Waals surface area contributed by atoms with Crippen molar-refractivity contribution < 1.29 is 9.15 Å². The van der Waals surface area contributed by atoms with Gasteiger partial charge in [0.2, 0.25) is 0 Å². The molecule has 110 valence electrons. The van der Waals surface area contributed by atoms with Crippen LogP contribution in [-0.4, -0.2) is 7.11 Å². The van der Waals surface area contributed by atoms with Gasteiger partial charge in [0.25, 0.3) is 0 Å². The van der Waals surface area contributed by atoms with Crippen LogP contribution in [0.1, 0.15) is 22.9 Å². The quantitative estimate of drug-likeness (QED) is 0.788. The van der Waals surface area contributed by atoms with Crippen LogP contribution < -0.4 is 10.5 Å². The second-order valence-corrected chi connectivity index (χ2v) is 4.91. The lowest BCUT2D eigenvalue weighted by molar-refractivity contribution is 0.404. The van der Waals surface area contributed by atoms with Gasteiger partial charge >= 0.3 is 0 Å². The molecule has 3 rings (SSSR count). The van der Waals surface area contributed by atoms with E-state index in [-0.39, 0.29) is 18.4 Å². The summed E-state index contributed by atoms with van der Waals surface area (Å²) in [5.41, 5.74) is 9.29. The number of ether oxygens (including phenoxy) is 1. The number of fused-ring (bicyclic) bond motifs is 1. The highest BCUT2D eigenvalue weighted by molar-refractivity contribution is 5.85. The minimum atomic E-state index is -0.336. The predicted molar refractivity (Wildman–Crippen MR) is 87.2 cm³/mol. The van der Waals surface area contributed by atoms with E-state index in [1.54, 1.807) is 7.11 Å². The van der Waals surface area contributed by atoms with E-state index in [4.69, 9.17) is 14.9 Å². The molecule has 0 radical (unpaired) electrons. The number of benzene rings is 2. The number of nitrogens with two attached hydrogens (primary N) is 1. The van der Waals surface area contributed by atoms with Crippen LogP contribution in [0.15, 0.2) is 52.9 Å². The number of aryl methyl sites for hydroxylation is 1. The van der Waals surface area contributed by atoms with Crippen LogP contribution >= 0.6 is 12.4 Å². The zero-order chi connectivity index (χ0) is 14.1. The minimum Gasteiger partial charge on any atom is -0.496 e. The van der Waals surface area contributed by atoms with Gasteiger partial charge in [-0.15, -0.1) is 12.4 Å². The number of hydrogen-bond acceptors (Lipinski definition) is 3. The molecule has 1 atom stereocenters. The smallest absolute Gasteiger partial charge is 0.134 e. The van der Waals surface area contributed by atoms with Crippen molar-refractivity contribution in [3.05, 3.63) is 65.4 Å². The molecule has 0 spiro atoms. The van der Waals surface area contributed by atoms with Crippen LogP contribution in [0.25, 0.3) is 11.0 Å². The van der Waals surface area contributed by atoms with Crippen LogP contribution in [0.2, 0.25) is 0 Å². The largest absolute Gasteiger partial charge is 0.496 e. The van der Waals surface area contributed by atoms with E-state index < -0.39 is 0 Å². The third kappa shape index (κ3) is 2.89. The number of hydrogen-bond donors (Lipinski definition) is 1. The van der Waals surface area contributed by atoms with E-state index in [1.165, 1.54) is 0 Å². The molecule has 0 bridgehead atoms. The summed E-state index contributed by atoms with van der Waals surface area (Å²) in [7, 11) is 1.65. The zero-order valence-corrected chi connectivity index (χ0v) is 12.8. The molecule has 0 saturated heterocycles. The Bertz CT molecular complexity index is 718. The minimum absolute atomic E-state index is 0. The van der Waals surface area contributed by atoms with Crippen LogP contribution in [0, 0.1) is 6.92 Å². The molecule has 2 aromatic carbocycles. The van der Waals surface area contributed by atoms with Crippen LogP contribution in [0.4, 0.5) is 0 Å². The van der Waals surface area contributed by atoms with Gasteiger partial charge < -0.3 is 14.9 Å². The van der Waals surface area contributed by atoms with Crippen molar-refractivity contribution in [1.29, 1.82) is 0 Å². The van der Waals surface area contributed by atoms with Gasteiger partial charge in [-0.25, -0.2) is 0 Å². The average molecular weight is 304 g/mol. The highest BCUT2D eigenvalue weighted by Crippen LogP contribution is 2.32. The lowest BCUT2D eigenvalue weighted by atomic mass is 10.0. The molecular weight excluding hydrogens is 286 g/mol. The van der Waals surface area contributed by atoms with E-state index in [9.17, 15) is 0 Å². The maximum absolute atomic E-state index is 6.35. The third-order valence-electron chi connectivity index (χ3n) is 3.47. The van der Waals surface area contributed by atoms with Gasteiger partial charge in [-0.3, -0.25) is 0 Å². The molecule has 4 heteroatoms. The van der Waals surface area contributed by atoms with Gasteiger partial charge in [0.1, 0.15) is 17.1 Å². The van der Waals surface area contributed by atoms with Crippen molar-refractivity contribution in [2.75, 3.05) is 7.11 Å². The Labute approximate surface area is 130 Å². The van der Waals surface area contributed by atoms with Crippen LogP contribution in [-0.2, 0) is 0 Å². The van der Waals surface area contributed by atoms with Crippen molar-refractivity contribution in [2.45, 2.75) is 13.0 Å². The summed E-state index contributed by atoms with van der Waals surface area (Å²) in [4.78, 5) is 0. The van der Waals surface area contributed by atoms with E-state index in [0.717, 1.165) is 33.6 Å². The standard InChI is InChI=1S/C17H17NO2.ClH/c1-11-7-8-15(19-2)13(9-11)17(18)16-10-12-5-3-4-6-14(12)20-16;/h3-10,17H,18H2,1-2H3;1H. The molecule has 0 saturated carbocycles. The summed E-state index contributed by atoms with van der Waals surface area (Å²) in [5, 5.41) is 1.06. The summed E-state index contributed by atoms with van der Waals surface area (Å²) in [6.45, 7) is 2.04. The normalized spacial score (nSPS) is 12.0. The van der Waals surface area contributed by atoms with Crippen LogP contribution in [0.3, 0.4) is 0 Å². The van der Waals surface area contributed by atoms with E-state index in [2.05, 4.69) is 0 Å². The van der Waals surface area contributed by atoms with Crippen molar-refractivity contribution >= 4 is 23.4 Å². The average Bonchev–Trinajstić information content (AvgIpc) is 2.90. The highest BCUT2D eigenvalue weighted by atomic mass is 35.5. The lowest BCUT2D eigenvalue weighted by Gasteiger charge is -2.14. The van der Waals surface area contributed by atoms with E-state index >= 15 is 0 Å². The maximum Gasteiger partial charge on any atom is 0.134 e. The Kier molecular flexibility index (Phi) is 4.56. The molecule has 0 fully saturated rings. The Morgan fingerprint density at radius 2 is 1.86 bits per heavy atom. The lowest BCUT2D eigenvalue weighted by Crippen LogP contribution is -2.12. The summed E-state index contributed by atoms with van der Waals surface area (Å²) >= 11 is 0. The Morgan fingerprint density at radius 3 is 2.57 bits per heavy atom. The molecule has 2 N–H and O–H groups in total. The second kappa shape index (κ2) is 6.20. The first kappa shape index (κ1) is 15.4. The van der Waals surface area contributed by atoms with Gasteiger partial charge in [0, 0.05) is 10.9 Å². The van der Waals surface area contributed by atoms with Crippen molar-refractivity contribution in [2.24, 2.45) is 5.73 Å². The number of halogens is 1. The molecule has 0 aliphatic carbocycles. The van der Waals surface area contributed by atoms with Gasteiger partial charge in [0.15, 0.2) is 0 Å². The summed E-state index contributed by atoms with van der Waals surface area (Å²) in [6.07, 6.45) is 0. The number of furan rings is 1. The first-order valence-corrected chi connectivity index (χ1v) is 6.57. The predicted octanol–water partition coefficient (Wildman–Crippen LogP) is 4.22. The SMILES string of the molecule is COc1ccc(C)cc1C(N)c1cc2ccccc2o1.Cl. The molecule has 0 aliphatic rings. The third-order valence-corrected chi connectivity index (χ3v) is 3.47. The van der Waals surface area contributed by atoms with Crippen molar-refractivity contribution in [3.8, 4) is 5.75 Å². The van der Waals surface area contributed by atoms with E-state index in [1.807, 2.05) is 55.5 Å². The molecule has 1 heterocycles. The Hall–Kier alpha value is -1.97. The van der Waals surface area contributed by atoms with E-state index in [0.29, 0.717) is 0 Å². The molecular formula is C17H18ClNO2. The van der Waals surface area contributed by atoms with Gasteiger partial charge in [-0.1, -0.05) is 35.9 Å². The fraction of sp³-hybridized carbons (Fsp3) is 0.176. The summed E-state index contributed by atoms with van der Waals surface area (Å²) < 4.78 is 11.2. The number of para-hydroxylation sites is 1. The summed E-state index contributed by atoms with van der Waals surface area (Å²) in [5.74, 6) is 1.53. The molecule has 0 aliphatic heterocycles. The van der Waals surface area contributed by atoms with Gasteiger partial charge in [-0.05, 0) is 25.1 Å². The van der Waals surface area contributed by atoms with Gasteiger partial charge in [0.05, 0.1) is 13.2 Å². The number of methoxy groups -OCH3 is 1. The summed E-state index contributed by atoms with van der Waals surface area (Å²) in [6, 6.07) is 15.5. The zero-order valence-electron chi connectivity index (χ0n) is 12.0. The molecule has 0 amide bonds. The highest BCUT2D eigenvalue weighted by Gasteiger charge is 2.18. The Balaban J connectivity index is 0.00000161. The first-order chi connectivity index (χ1) is 9.69. The van der Waals surface area contributed by atoms with Crippen LogP contribution in [0.5, 0.6) is 5.75 Å². The molecule has 21 heavy (non-hydrogen) atoms. The molecule has 1 unspecified atom stereocenters. The van der Waals surface area contributed by atoms with Crippen molar-refractivity contribution in [3.63, 3.8) is 0 Å². The fourth-order valence-corrected chi connectivity index (χ4v) is 2.41. The van der Waals surface area contributed by atoms with Crippen molar-refractivity contribution in [1.82, 2.24) is 0 Å². The number of rotatable bonds is 3. The molecule has 3 nitrogen and oxygen atoms in total. The van der Waals surface area contributed by atoms with Gasteiger partial charge in [-0.2, -0.15) is 0 Å². The first-order valence-electron chi connectivity index (χ1n) is 6.57. The monoisotopic (exact) mass is 303 g/mol.